The number of oxime groups is 1. The topological polar surface area (TPSA) is 142 Å². The van der Waals surface area contributed by atoms with Gasteiger partial charge in [0.15, 0.2) is 16.6 Å². The van der Waals surface area contributed by atoms with Crippen molar-refractivity contribution in [2.24, 2.45) is 5.16 Å². The number of amides is 1. The van der Waals surface area contributed by atoms with Crippen molar-refractivity contribution in [2.45, 2.75) is 38.5 Å². The lowest BCUT2D eigenvalue weighted by Gasteiger charge is -2.36. The van der Waals surface area contributed by atoms with Crippen LogP contribution in [0.4, 0.5) is 5.13 Å². The molecule has 10 nitrogen and oxygen atoms in total. The number of esters is 1. The lowest BCUT2D eigenvalue weighted by Crippen LogP contribution is -2.43. The Morgan fingerprint density at radius 3 is 1.92 bits per heavy atom. The molecule has 48 heavy (non-hydrogen) atoms. The van der Waals surface area contributed by atoms with Gasteiger partial charge >= 0.3 is 5.97 Å². The number of anilines is 1. The highest BCUT2D eigenvalue weighted by molar-refractivity contribution is 7.14. The third-order valence-corrected chi connectivity index (χ3v) is 8.29. The van der Waals surface area contributed by atoms with Crippen LogP contribution in [0.3, 0.4) is 0 Å². The molecular weight excluding hydrogens is 628 g/mol. The molecule has 4 N–H and O–H groups in total. The van der Waals surface area contributed by atoms with Crippen LogP contribution in [0.25, 0.3) is 0 Å². The Hall–Kier alpha value is -5.68. The van der Waals surface area contributed by atoms with Crippen molar-refractivity contribution in [3.63, 3.8) is 0 Å². The molecular formula is C37H36N4O6S. The summed E-state index contributed by atoms with van der Waals surface area (Å²) in [4.78, 5) is 36.6. The van der Waals surface area contributed by atoms with Gasteiger partial charge in [-0.1, -0.05) is 102 Å². The number of thiazole rings is 1. The third kappa shape index (κ3) is 7.48. The van der Waals surface area contributed by atoms with E-state index >= 15 is 0 Å². The smallest absolute Gasteiger partial charge is 0.362 e. The number of carbonyl (C=O) groups excluding carboxylic acids is 2. The van der Waals surface area contributed by atoms with Gasteiger partial charge in [-0.25, -0.2) is 9.78 Å². The molecule has 5 rings (SSSR count). The maximum Gasteiger partial charge on any atom is 0.362 e. The van der Waals surface area contributed by atoms with Gasteiger partial charge in [0.2, 0.25) is 11.3 Å². The number of benzene rings is 4. The minimum Gasteiger partial charge on any atom is -0.504 e. The molecule has 1 heterocycles. The van der Waals surface area contributed by atoms with Gasteiger partial charge in [0.25, 0.3) is 5.91 Å². The highest BCUT2D eigenvalue weighted by Crippen LogP contribution is 2.40. The van der Waals surface area contributed by atoms with E-state index in [1.54, 1.807) is 18.4 Å². The molecule has 0 saturated heterocycles. The Labute approximate surface area is 282 Å². The van der Waals surface area contributed by atoms with E-state index in [9.17, 15) is 19.8 Å². The van der Waals surface area contributed by atoms with E-state index in [0.29, 0.717) is 10.7 Å². The Morgan fingerprint density at radius 2 is 1.40 bits per heavy atom. The van der Waals surface area contributed by atoms with Crippen LogP contribution in [0, 0.1) is 0 Å². The maximum atomic E-state index is 13.1. The first kappa shape index (κ1) is 33.7. The number of carbonyl (C=O) groups is 2. The van der Waals surface area contributed by atoms with E-state index in [2.05, 4.69) is 52.2 Å². The highest BCUT2D eigenvalue weighted by atomic mass is 32.1. The summed E-state index contributed by atoms with van der Waals surface area (Å²) in [7, 11) is 0. The van der Waals surface area contributed by atoms with Gasteiger partial charge < -0.3 is 30.4 Å². The molecule has 5 aromatic rings. The molecule has 4 aromatic carbocycles. The molecule has 0 bridgehead atoms. The van der Waals surface area contributed by atoms with Crippen molar-refractivity contribution in [1.29, 1.82) is 0 Å². The second kappa shape index (κ2) is 14.8. The molecule has 0 aliphatic rings. The monoisotopic (exact) mass is 664 g/mol. The van der Waals surface area contributed by atoms with Gasteiger partial charge in [-0.05, 0) is 55.2 Å². The summed E-state index contributed by atoms with van der Waals surface area (Å²) in [6.07, 6.45) is 0. The molecule has 0 spiro atoms. The minimum atomic E-state index is -1.50. The Morgan fingerprint density at radius 1 is 0.833 bits per heavy atom. The van der Waals surface area contributed by atoms with E-state index in [1.165, 1.54) is 37.3 Å². The van der Waals surface area contributed by atoms with Gasteiger partial charge in [0.1, 0.15) is 11.2 Å². The minimum absolute atomic E-state index is 0.0566. The van der Waals surface area contributed by atoms with E-state index < -0.39 is 23.0 Å². The largest absolute Gasteiger partial charge is 0.504 e. The van der Waals surface area contributed by atoms with Crippen LogP contribution >= 0.6 is 11.3 Å². The van der Waals surface area contributed by atoms with Gasteiger partial charge in [-0.15, -0.1) is 11.3 Å². The van der Waals surface area contributed by atoms with Crippen LogP contribution in [0.5, 0.6) is 11.5 Å². The number of nitrogens with one attached hydrogen (secondary N) is 2. The molecule has 0 atom stereocenters. The van der Waals surface area contributed by atoms with E-state index in [4.69, 9.17) is 14.6 Å². The van der Waals surface area contributed by atoms with Crippen LogP contribution in [-0.2, 0) is 31.2 Å². The highest BCUT2D eigenvalue weighted by Gasteiger charge is 2.38. The second-order valence-electron chi connectivity index (χ2n) is 11.3. The van der Waals surface area contributed by atoms with E-state index in [-0.39, 0.29) is 36.1 Å². The quantitative estimate of drug-likeness (QED) is 0.0376. The zero-order valence-corrected chi connectivity index (χ0v) is 27.5. The molecule has 0 radical (unpaired) electrons. The van der Waals surface area contributed by atoms with E-state index in [0.717, 1.165) is 16.7 Å². The molecule has 0 aliphatic carbocycles. The number of hydrogen-bond acceptors (Lipinski definition) is 10. The van der Waals surface area contributed by atoms with Crippen molar-refractivity contribution in [3.05, 3.63) is 143 Å². The summed E-state index contributed by atoms with van der Waals surface area (Å²) >= 11 is 1.29. The number of nitrogens with zero attached hydrogens (tertiary/aromatic N) is 2. The van der Waals surface area contributed by atoms with Crippen LogP contribution in [0.1, 0.15) is 48.7 Å². The average molecular weight is 665 g/mol. The number of rotatable bonds is 13. The third-order valence-electron chi connectivity index (χ3n) is 7.54. The first-order chi connectivity index (χ1) is 23.1. The van der Waals surface area contributed by atoms with Gasteiger partial charge in [-0.2, -0.15) is 0 Å². The second-order valence-corrected chi connectivity index (χ2v) is 12.1. The van der Waals surface area contributed by atoms with Gasteiger partial charge in [-0.3, -0.25) is 4.79 Å². The zero-order valence-electron chi connectivity index (χ0n) is 26.7. The SMILES string of the molecule is CCOC(=O)/C(=N\OC(C)(C)C(=O)NCc1ccc(O)c(O)c1)c1csc(NC(c2ccccc2)(c2ccccc2)c2ccccc2)n1. The molecule has 1 aromatic heterocycles. The number of aromatic hydroxyl groups is 2. The van der Waals surface area contributed by atoms with Crippen LogP contribution in [0.15, 0.2) is 120 Å². The molecule has 1 amide bonds. The fourth-order valence-corrected chi connectivity index (χ4v) is 5.80. The summed E-state index contributed by atoms with van der Waals surface area (Å²) in [5, 5.41) is 32.0. The average Bonchev–Trinajstić information content (AvgIpc) is 3.56. The predicted octanol–water partition coefficient (Wildman–Crippen LogP) is 6.34. The van der Waals surface area contributed by atoms with E-state index in [1.807, 2.05) is 54.6 Å². The lowest BCUT2D eigenvalue weighted by molar-refractivity contribution is -0.144. The summed E-state index contributed by atoms with van der Waals surface area (Å²) < 4.78 is 5.28. The number of phenolic OH excluding ortho intramolecular Hbond substituents is 2. The summed E-state index contributed by atoms with van der Waals surface area (Å²) in [5.74, 6) is -1.85. The lowest BCUT2D eigenvalue weighted by atomic mass is 9.77. The van der Waals surface area contributed by atoms with Crippen molar-refractivity contribution in [2.75, 3.05) is 11.9 Å². The van der Waals surface area contributed by atoms with Crippen LogP contribution < -0.4 is 10.6 Å². The molecule has 0 unspecified atom stereocenters. The molecule has 0 aliphatic heterocycles. The first-order valence-electron chi connectivity index (χ1n) is 15.3. The number of phenols is 2. The normalized spacial score (nSPS) is 11.9. The Kier molecular flexibility index (Phi) is 10.4. The summed E-state index contributed by atoms with van der Waals surface area (Å²) in [6.45, 7) is 4.84. The van der Waals surface area contributed by atoms with Crippen LogP contribution in [0.2, 0.25) is 0 Å². The van der Waals surface area contributed by atoms with Crippen molar-refractivity contribution in [1.82, 2.24) is 10.3 Å². The zero-order chi connectivity index (χ0) is 34.1. The standard InChI is InChI=1S/C37H36N4O6S/c1-4-46-33(44)32(41-47-36(2,3)34(45)38-23-25-20-21-30(42)31(43)22-25)29-24-48-35(39-29)40-37(26-14-8-5-9-15-26,27-16-10-6-11-17-27)28-18-12-7-13-19-28/h5-22,24,42-43H,4,23H2,1-3H3,(H,38,45)(H,39,40)/b41-32-. The number of ether oxygens (including phenoxy) is 1. The first-order valence-corrected chi connectivity index (χ1v) is 16.1. The summed E-state index contributed by atoms with van der Waals surface area (Å²) in [6, 6.07) is 34.4. The Bertz CT molecular complexity index is 1780. The summed E-state index contributed by atoms with van der Waals surface area (Å²) in [5.41, 5.74) is 1.17. The van der Waals surface area contributed by atoms with Crippen molar-refractivity contribution >= 4 is 34.1 Å². The van der Waals surface area contributed by atoms with Crippen LogP contribution in [-0.4, -0.2) is 45.0 Å². The van der Waals surface area contributed by atoms with Crippen molar-refractivity contribution in [3.8, 4) is 11.5 Å². The van der Waals surface area contributed by atoms with Crippen molar-refractivity contribution < 1.29 is 29.4 Å². The molecule has 0 fully saturated rings. The molecule has 0 saturated carbocycles. The molecule has 11 heteroatoms. The maximum absolute atomic E-state index is 13.1. The fourth-order valence-electron chi connectivity index (χ4n) is 5.04. The Balaban J connectivity index is 1.45. The predicted molar refractivity (Wildman–Crippen MR) is 185 cm³/mol. The number of aromatic nitrogens is 1. The molecule has 246 valence electrons. The fraction of sp³-hybridized carbons (Fsp3) is 0.189. The number of hydrogen-bond donors (Lipinski definition) is 4. The van der Waals surface area contributed by atoms with Gasteiger partial charge in [0.05, 0.1) is 6.61 Å². The van der Waals surface area contributed by atoms with Gasteiger partial charge in [0, 0.05) is 11.9 Å².